The Hall–Kier alpha value is -1.40. The molecule has 1 aromatic carbocycles. The number of nitrogens with one attached hydrogen (secondary N) is 1. The first-order valence-corrected chi connectivity index (χ1v) is 9.43. The maximum atomic E-state index is 12.1. The van der Waals surface area contributed by atoms with E-state index in [4.69, 9.17) is 0 Å². The van der Waals surface area contributed by atoms with Crippen LogP contribution < -0.4 is 5.32 Å². The number of likely N-dealkylation sites (tertiary alicyclic amines) is 1. The molecule has 1 fully saturated rings. The summed E-state index contributed by atoms with van der Waals surface area (Å²) in [5.41, 5.74) is 0.732. The van der Waals surface area contributed by atoms with E-state index in [0.717, 1.165) is 31.6 Å². The Morgan fingerprint density at radius 2 is 1.95 bits per heavy atom. The molecule has 1 amide bonds. The zero-order valence-corrected chi connectivity index (χ0v) is 14.2. The molecule has 0 radical (unpaired) electrons. The van der Waals surface area contributed by atoms with Crippen molar-refractivity contribution in [2.75, 3.05) is 25.9 Å². The molecule has 0 aliphatic carbocycles. The van der Waals surface area contributed by atoms with E-state index in [1.54, 1.807) is 12.1 Å². The molecule has 22 heavy (non-hydrogen) atoms. The number of nitrogens with zero attached hydrogens (tertiary/aromatic N) is 1. The van der Waals surface area contributed by atoms with Crippen LogP contribution in [0.4, 0.5) is 0 Å². The molecule has 2 rings (SSSR count). The van der Waals surface area contributed by atoms with Crippen molar-refractivity contribution in [3.05, 3.63) is 29.8 Å². The maximum absolute atomic E-state index is 12.1. The molecule has 0 saturated carbocycles. The molecule has 5 nitrogen and oxygen atoms in total. The second-order valence-electron chi connectivity index (χ2n) is 6.30. The standard InChI is InChI=1S/C16H24N2O3S/c1-4-17-15(19)16(2)9-10-18(12-16)11-13-5-7-14(8-6-13)22(3,20)21/h5-8H,4,9-12H2,1-3H3,(H,17,19). The van der Waals surface area contributed by atoms with E-state index in [9.17, 15) is 13.2 Å². The number of amides is 1. The number of hydrogen-bond donors (Lipinski definition) is 1. The van der Waals surface area contributed by atoms with Gasteiger partial charge in [-0.3, -0.25) is 9.69 Å². The SMILES string of the molecule is CCNC(=O)C1(C)CCN(Cc2ccc(S(C)(=O)=O)cc2)C1. The fraction of sp³-hybridized carbons (Fsp3) is 0.562. The van der Waals surface area contributed by atoms with Gasteiger partial charge in [0.25, 0.3) is 0 Å². The molecule has 1 aliphatic rings. The van der Waals surface area contributed by atoms with E-state index in [2.05, 4.69) is 10.2 Å². The molecule has 1 aliphatic heterocycles. The van der Waals surface area contributed by atoms with Crippen LogP contribution in [0.2, 0.25) is 0 Å². The third-order valence-electron chi connectivity index (χ3n) is 4.20. The first kappa shape index (κ1) is 17.0. The lowest BCUT2D eigenvalue weighted by Crippen LogP contribution is -2.40. The van der Waals surface area contributed by atoms with E-state index in [0.29, 0.717) is 11.4 Å². The van der Waals surface area contributed by atoms with E-state index < -0.39 is 9.84 Å². The number of benzene rings is 1. The van der Waals surface area contributed by atoms with Crippen LogP contribution in [-0.4, -0.2) is 45.1 Å². The summed E-state index contributed by atoms with van der Waals surface area (Å²) in [7, 11) is -3.15. The van der Waals surface area contributed by atoms with Gasteiger partial charge in [0.05, 0.1) is 10.3 Å². The summed E-state index contributed by atoms with van der Waals surface area (Å²) in [6.07, 6.45) is 2.06. The average Bonchev–Trinajstić information content (AvgIpc) is 2.81. The van der Waals surface area contributed by atoms with Gasteiger partial charge in [-0.25, -0.2) is 8.42 Å². The number of carbonyl (C=O) groups is 1. The minimum Gasteiger partial charge on any atom is -0.356 e. The minimum atomic E-state index is -3.15. The number of rotatable bonds is 5. The second kappa shape index (κ2) is 6.38. The molecule has 1 atom stereocenters. The minimum absolute atomic E-state index is 0.116. The summed E-state index contributed by atoms with van der Waals surface area (Å²) >= 11 is 0. The molecule has 1 unspecified atom stereocenters. The van der Waals surface area contributed by atoms with Gasteiger partial charge in [0.2, 0.25) is 5.91 Å². The Kier molecular flexibility index (Phi) is 4.92. The molecule has 0 bridgehead atoms. The van der Waals surface area contributed by atoms with E-state index in [1.165, 1.54) is 6.26 Å². The lowest BCUT2D eigenvalue weighted by Gasteiger charge is -2.23. The zero-order valence-electron chi connectivity index (χ0n) is 13.4. The van der Waals surface area contributed by atoms with Crippen LogP contribution in [0.1, 0.15) is 25.8 Å². The fourth-order valence-electron chi connectivity index (χ4n) is 2.85. The van der Waals surface area contributed by atoms with Gasteiger partial charge in [-0.1, -0.05) is 12.1 Å². The number of sulfone groups is 1. The summed E-state index contributed by atoms with van der Waals surface area (Å²) in [6.45, 7) is 6.93. The van der Waals surface area contributed by atoms with Crippen LogP contribution in [0.3, 0.4) is 0 Å². The Morgan fingerprint density at radius 3 is 2.50 bits per heavy atom. The molecule has 0 aromatic heterocycles. The van der Waals surface area contributed by atoms with Crippen LogP contribution in [-0.2, 0) is 21.2 Å². The Balaban J connectivity index is 2.00. The van der Waals surface area contributed by atoms with Crippen LogP contribution in [0.5, 0.6) is 0 Å². The molecular formula is C16H24N2O3S. The molecule has 1 heterocycles. The quantitative estimate of drug-likeness (QED) is 0.890. The van der Waals surface area contributed by atoms with Gasteiger partial charge in [-0.2, -0.15) is 0 Å². The first-order chi connectivity index (χ1) is 10.2. The Labute approximate surface area is 132 Å². The van der Waals surface area contributed by atoms with Crippen molar-refractivity contribution in [1.82, 2.24) is 10.2 Å². The van der Waals surface area contributed by atoms with Gasteiger partial charge >= 0.3 is 0 Å². The average molecular weight is 324 g/mol. The molecule has 6 heteroatoms. The highest BCUT2D eigenvalue weighted by molar-refractivity contribution is 7.90. The van der Waals surface area contributed by atoms with E-state index in [1.807, 2.05) is 26.0 Å². The van der Waals surface area contributed by atoms with Crippen LogP contribution in [0, 0.1) is 5.41 Å². The van der Waals surface area contributed by atoms with Crippen LogP contribution in [0.15, 0.2) is 29.2 Å². The largest absolute Gasteiger partial charge is 0.356 e. The molecule has 1 aromatic rings. The summed E-state index contributed by atoms with van der Waals surface area (Å²) in [5, 5.41) is 2.90. The maximum Gasteiger partial charge on any atom is 0.227 e. The second-order valence-corrected chi connectivity index (χ2v) is 8.31. The van der Waals surface area contributed by atoms with Gasteiger partial charge in [0.1, 0.15) is 0 Å². The highest BCUT2D eigenvalue weighted by Gasteiger charge is 2.39. The van der Waals surface area contributed by atoms with Gasteiger partial charge < -0.3 is 5.32 Å². The fourth-order valence-corrected chi connectivity index (χ4v) is 3.48. The number of hydrogen-bond acceptors (Lipinski definition) is 4. The lowest BCUT2D eigenvalue weighted by atomic mass is 9.89. The van der Waals surface area contributed by atoms with Gasteiger partial charge in [0.15, 0.2) is 9.84 Å². The molecule has 1 N–H and O–H groups in total. The first-order valence-electron chi connectivity index (χ1n) is 7.54. The van der Waals surface area contributed by atoms with Crippen molar-refractivity contribution in [2.24, 2.45) is 5.41 Å². The summed E-state index contributed by atoms with van der Waals surface area (Å²) < 4.78 is 22.9. The molecular weight excluding hydrogens is 300 g/mol. The van der Waals surface area contributed by atoms with Gasteiger partial charge in [-0.15, -0.1) is 0 Å². The van der Waals surface area contributed by atoms with Crippen LogP contribution >= 0.6 is 0 Å². The monoisotopic (exact) mass is 324 g/mol. The van der Waals surface area contributed by atoms with E-state index in [-0.39, 0.29) is 11.3 Å². The summed E-state index contributed by atoms with van der Waals surface area (Å²) in [6, 6.07) is 6.98. The van der Waals surface area contributed by atoms with Crippen molar-refractivity contribution < 1.29 is 13.2 Å². The van der Waals surface area contributed by atoms with Crippen LogP contribution in [0.25, 0.3) is 0 Å². The predicted octanol–water partition coefficient (Wildman–Crippen LogP) is 1.44. The van der Waals surface area contributed by atoms with Gasteiger partial charge in [0, 0.05) is 25.9 Å². The topological polar surface area (TPSA) is 66.5 Å². The Morgan fingerprint density at radius 1 is 1.32 bits per heavy atom. The van der Waals surface area contributed by atoms with Crippen molar-refractivity contribution in [3.63, 3.8) is 0 Å². The third kappa shape index (κ3) is 3.87. The Bertz CT molecular complexity index is 640. The smallest absolute Gasteiger partial charge is 0.227 e. The number of carbonyl (C=O) groups excluding carboxylic acids is 1. The predicted molar refractivity (Wildman–Crippen MR) is 86.2 cm³/mol. The van der Waals surface area contributed by atoms with E-state index >= 15 is 0 Å². The van der Waals surface area contributed by atoms with Crippen molar-refractivity contribution in [2.45, 2.75) is 31.7 Å². The van der Waals surface area contributed by atoms with Crippen molar-refractivity contribution >= 4 is 15.7 Å². The third-order valence-corrected chi connectivity index (χ3v) is 5.32. The summed E-state index contributed by atoms with van der Waals surface area (Å²) in [4.78, 5) is 14.7. The highest BCUT2D eigenvalue weighted by Crippen LogP contribution is 2.31. The molecule has 0 spiro atoms. The zero-order chi connectivity index (χ0) is 16.4. The highest BCUT2D eigenvalue weighted by atomic mass is 32.2. The normalized spacial score (nSPS) is 22.7. The molecule has 1 saturated heterocycles. The van der Waals surface area contributed by atoms with Gasteiger partial charge in [-0.05, 0) is 44.5 Å². The molecule has 122 valence electrons. The lowest BCUT2D eigenvalue weighted by molar-refractivity contribution is -0.129. The van der Waals surface area contributed by atoms with Crippen molar-refractivity contribution in [1.29, 1.82) is 0 Å². The van der Waals surface area contributed by atoms with Crippen molar-refractivity contribution in [3.8, 4) is 0 Å². The summed E-state index contributed by atoms with van der Waals surface area (Å²) in [5.74, 6) is 0.116.